The van der Waals surface area contributed by atoms with Gasteiger partial charge in [-0.05, 0) is 37.3 Å². The molecule has 0 fully saturated rings. The molecule has 0 aliphatic heterocycles. The molecule has 0 N–H and O–H groups in total. The zero-order valence-corrected chi connectivity index (χ0v) is 17.6. The van der Waals surface area contributed by atoms with Crippen molar-refractivity contribution in [3.05, 3.63) is 92.1 Å². The average Bonchev–Trinajstić information content (AvgIpc) is 2.71. The second-order valence-corrected chi connectivity index (χ2v) is 7.37. The maximum absolute atomic E-state index is 14.5. The van der Waals surface area contributed by atoms with Crippen molar-refractivity contribution >= 4 is 17.5 Å². The molecule has 0 atom stereocenters. The van der Waals surface area contributed by atoms with Crippen molar-refractivity contribution in [3.63, 3.8) is 0 Å². The van der Waals surface area contributed by atoms with Gasteiger partial charge in [-0.2, -0.15) is 0 Å². The van der Waals surface area contributed by atoms with Gasteiger partial charge < -0.3 is 9.64 Å². The molecule has 1 heterocycles. The average molecular weight is 451 g/mol. The highest BCUT2D eigenvalue weighted by atomic mass is 35.5. The lowest BCUT2D eigenvalue weighted by Crippen LogP contribution is -2.25. The van der Waals surface area contributed by atoms with Crippen LogP contribution in [0.2, 0.25) is 5.02 Å². The van der Waals surface area contributed by atoms with Crippen LogP contribution in [0, 0.1) is 24.4 Å². The molecule has 0 radical (unpaired) electrons. The highest BCUT2D eigenvalue weighted by Gasteiger charge is 2.19. The number of hydrogen-bond acceptors (Lipinski definition) is 3. The lowest BCUT2D eigenvalue weighted by atomic mass is 10.1. The smallest absolute Gasteiger partial charge is 0.277 e. The fraction of sp³-hybridized carbons (Fsp3) is 0.182. The molecule has 0 saturated heterocycles. The number of nitrogens with zero attached hydrogens (tertiary/aromatic N) is 2. The molecule has 3 aromatic rings. The molecule has 0 bridgehead atoms. The molecule has 0 saturated carbocycles. The highest BCUT2D eigenvalue weighted by molar-refractivity contribution is 6.31. The van der Waals surface area contributed by atoms with Crippen molar-refractivity contribution in [2.75, 3.05) is 14.1 Å². The molecular formula is C22H18ClF3N2O3. The third-order valence-corrected chi connectivity index (χ3v) is 4.89. The van der Waals surface area contributed by atoms with Gasteiger partial charge in [-0.3, -0.25) is 14.2 Å². The van der Waals surface area contributed by atoms with Crippen molar-refractivity contribution in [1.82, 2.24) is 9.47 Å². The van der Waals surface area contributed by atoms with Crippen molar-refractivity contribution < 1.29 is 22.7 Å². The molecule has 1 aromatic heterocycles. The molecule has 0 aliphatic carbocycles. The molecule has 2 aromatic carbocycles. The zero-order valence-electron chi connectivity index (χ0n) is 16.9. The maximum atomic E-state index is 14.5. The Balaban J connectivity index is 2.00. The summed E-state index contributed by atoms with van der Waals surface area (Å²) in [4.78, 5) is 26.4. The van der Waals surface area contributed by atoms with E-state index in [0.717, 1.165) is 16.7 Å². The molecule has 0 unspecified atom stereocenters. The molecule has 31 heavy (non-hydrogen) atoms. The van der Waals surface area contributed by atoms with E-state index in [2.05, 4.69) is 0 Å². The van der Waals surface area contributed by atoms with E-state index in [1.165, 1.54) is 36.1 Å². The Labute approximate surface area is 181 Å². The summed E-state index contributed by atoms with van der Waals surface area (Å²) in [6, 6.07) is 8.08. The molecule has 162 valence electrons. The molecule has 5 nitrogen and oxygen atoms in total. The normalized spacial score (nSPS) is 10.8. The molecule has 0 spiro atoms. The van der Waals surface area contributed by atoms with Gasteiger partial charge in [-0.25, -0.2) is 13.2 Å². The fourth-order valence-electron chi connectivity index (χ4n) is 2.96. The summed E-state index contributed by atoms with van der Waals surface area (Å²) in [5.74, 6) is -2.65. The third kappa shape index (κ3) is 4.59. The van der Waals surface area contributed by atoms with E-state index in [4.69, 9.17) is 16.3 Å². The lowest BCUT2D eigenvalue weighted by Gasteiger charge is -2.17. The minimum absolute atomic E-state index is 0.0370. The second kappa shape index (κ2) is 8.85. The van der Waals surface area contributed by atoms with E-state index >= 15 is 0 Å². The number of halogens is 4. The molecule has 3 rings (SSSR count). The first-order chi connectivity index (χ1) is 14.6. The van der Waals surface area contributed by atoms with E-state index in [1.54, 1.807) is 14.1 Å². The number of benzene rings is 2. The van der Waals surface area contributed by atoms with E-state index in [0.29, 0.717) is 6.07 Å². The van der Waals surface area contributed by atoms with Crippen LogP contribution in [0.4, 0.5) is 13.2 Å². The summed E-state index contributed by atoms with van der Waals surface area (Å²) in [7, 11) is 3.10. The van der Waals surface area contributed by atoms with Gasteiger partial charge in [0.05, 0.1) is 5.69 Å². The maximum Gasteiger partial charge on any atom is 0.277 e. The van der Waals surface area contributed by atoms with Crippen LogP contribution in [0.25, 0.3) is 5.69 Å². The lowest BCUT2D eigenvalue weighted by molar-refractivity contribution is 0.0827. The van der Waals surface area contributed by atoms with Crippen LogP contribution in [0.5, 0.6) is 5.75 Å². The number of hydrogen-bond donors (Lipinski definition) is 0. The van der Waals surface area contributed by atoms with E-state index in [9.17, 15) is 22.8 Å². The summed E-state index contributed by atoms with van der Waals surface area (Å²) in [5.41, 5.74) is -0.383. The van der Waals surface area contributed by atoms with Gasteiger partial charge in [0.15, 0.2) is 0 Å². The number of pyridine rings is 1. The second-order valence-electron chi connectivity index (χ2n) is 6.99. The van der Waals surface area contributed by atoms with Crippen molar-refractivity contribution in [1.29, 1.82) is 0 Å². The molecule has 1 amide bonds. The minimum atomic E-state index is -0.800. The Hall–Kier alpha value is -3.26. The largest absolute Gasteiger partial charge is 0.487 e. The van der Waals surface area contributed by atoms with Gasteiger partial charge in [0.1, 0.15) is 34.8 Å². The van der Waals surface area contributed by atoms with Crippen molar-refractivity contribution in [3.8, 4) is 11.4 Å². The predicted octanol–water partition coefficient (Wildman–Crippen LogP) is 4.50. The number of amides is 1. The van der Waals surface area contributed by atoms with Gasteiger partial charge in [0.25, 0.3) is 11.5 Å². The fourth-order valence-corrected chi connectivity index (χ4v) is 3.15. The van der Waals surface area contributed by atoms with Crippen LogP contribution in [0.15, 0.2) is 47.3 Å². The Morgan fingerprint density at radius 3 is 2.42 bits per heavy atom. The minimum Gasteiger partial charge on any atom is -0.487 e. The van der Waals surface area contributed by atoms with Crippen LogP contribution < -0.4 is 10.3 Å². The number of ether oxygens (including phenoxy) is 1. The molecule has 9 heteroatoms. The van der Waals surface area contributed by atoms with Crippen LogP contribution in [-0.2, 0) is 6.61 Å². The number of carbonyl (C=O) groups excluding carboxylic acids is 1. The Kier molecular flexibility index (Phi) is 6.40. The number of carbonyl (C=O) groups is 1. The van der Waals surface area contributed by atoms with E-state index < -0.39 is 23.0 Å². The Bertz CT molecular complexity index is 1230. The standard InChI is InChI=1S/C22H18ClF3N2O3/c1-12-8-19(31-11-14-4-6-15(24)10-17(14)26)20(23)22(30)28(12)18-9-13(5-7-16(18)25)21(29)27(2)3/h4-10H,11H2,1-3H3. The van der Waals surface area contributed by atoms with Gasteiger partial charge in [-0.1, -0.05) is 11.6 Å². The summed E-state index contributed by atoms with van der Waals surface area (Å²) in [6.45, 7) is 1.23. The van der Waals surface area contributed by atoms with Crippen molar-refractivity contribution in [2.24, 2.45) is 0 Å². The van der Waals surface area contributed by atoms with Gasteiger partial charge >= 0.3 is 0 Å². The number of rotatable bonds is 5. The first-order valence-electron chi connectivity index (χ1n) is 9.10. The van der Waals surface area contributed by atoms with Crippen LogP contribution in [0.1, 0.15) is 21.6 Å². The Morgan fingerprint density at radius 1 is 1.06 bits per heavy atom. The number of aromatic nitrogens is 1. The van der Waals surface area contributed by atoms with Crippen LogP contribution in [0.3, 0.4) is 0 Å². The van der Waals surface area contributed by atoms with Crippen LogP contribution >= 0.6 is 11.6 Å². The predicted molar refractivity (Wildman–Crippen MR) is 110 cm³/mol. The van der Waals surface area contributed by atoms with E-state index in [-0.39, 0.29) is 45.8 Å². The third-order valence-electron chi connectivity index (χ3n) is 4.54. The monoisotopic (exact) mass is 450 g/mol. The highest BCUT2D eigenvalue weighted by Crippen LogP contribution is 2.26. The van der Waals surface area contributed by atoms with Gasteiger partial charge in [0.2, 0.25) is 0 Å². The van der Waals surface area contributed by atoms with Crippen LogP contribution in [-0.4, -0.2) is 29.5 Å². The van der Waals surface area contributed by atoms with Gasteiger partial charge in [-0.15, -0.1) is 0 Å². The topological polar surface area (TPSA) is 51.5 Å². The SMILES string of the molecule is Cc1cc(OCc2ccc(F)cc2F)c(Cl)c(=O)n1-c1cc(C(=O)N(C)C)ccc1F. The summed E-state index contributed by atoms with van der Waals surface area (Å²) >= 11 is 6.15. The molecule has 0 aliphatic rings. The van der Waals surface area contributed by atoms with Crippen molar-refractivity contribution in [2.45, 2.75) is 13.5 Å². The summed E-state index contributed by atoms with van der Waals surface area (Å²) < 4.78 is 47.9. The first-order valence-corrected chi connectivity index (χ1v) is 9.48. The zero-order chi connectivity index (χ0) is 22.9. The van der Waals surface area contributed by atoms with Gasteiger partial charge in [0, 0.05) is 43.0 Å². The first kappa shape index (κ1) is 22.4. The number of aryl methyl sites for hydroxylation is 1. The summed E-state index contributed by atoms with van der Waals surface area (Å²) in [6.07, 6.45) is 0. The quantitative estimate of drug-likeness (QED) is 0.575. The molecular weight excluding hydrogens is 433 g/mol. The Morgan fingerprint density at radius 2 is 1.77 bits per heavy atom. The summed E-state index contributed by atoms with van der Waals surface area (Å²) in [5, 5.41) is -0.350. The van der Waals surface area contributed by atoms with E-state index in [1.807, 2.05) is 0 Å².